The Kier molecular flexibility index (Phi) is 8.16. The quantitative estimate of drug-likeness (QED) is 0.298. The number of benzene rings is 3. The molecule has 1 saturated heterocycles. The average Bonchev–Trinajstić information content (AvgIpc) is 3.51. The first-order valence-corrected chi connectivity index (χ1v) is 15.3. The van der Waals surface area contributed by atoms with Crippen molar-refractivity contribution in [1.29, 1.82) is 0 Å². The van der Waals surface area contributed by atoms with E-state index in [2.05, 4.69) is 83.5 Å². The van der Waals surface area contributed by atoms with Crippen molar-refractivity contribution in [2.45, 2.75) is 57.4 Å². The van der Waals surface area contributed by atoms with E-state index >= 15 is 0 Å². The molecular weight excluding hydrogens is 519 g/mol. The van der Waals surface area contributed by atoms with Gasteiger partial charge < -0.3 is 4.90 Å². The Labute approximate surface area is 243 Å². The number of hydrogen-bond donors (Lipinski definition) is 0. The van der Waals surface area contributed by atoms with Gasteiger partial charge in [-0.3, -0.25) is 4.90 Å². The van der Waals surface area contributed by atoms with Crippen LogP contribution in [0.5, 0.6) is 0 Å². The van der Waals surface area contributed by atoms with E-state index in [-0.39, 0.29) is 6.04 Å². The molecule has 0 amide bonds. The van der Waals surface area contributed by atoms with Gasteiger partial charge in [0.15, 0.2) is 0 Å². The minimum absolute atomic E-state index is 0.288. The summed E-state index contributed by atoms with van der Waals surface area (Å²) in [6, 6.07) is 24.6. The number of hydrogen-bond acceptors (Lipinski definition) is 2. The number of rotatable bonds is 6. The lowest BCUT2D eigenvalue weighted by atomic mass is 9.84. The fourth-order valence-electron chi connectivity index (χ4n) is 6.88. The summed E-state index contributed by atoms with van der Waals surface area (Å²) in [5.74, 6) is 0.718. The first kappa shape index (κ1) is 26.7. The summed E-state index contributed by atoms with van der Waals surface area (Å²) >= 11 is 13.0. The Morgan fingerprint density at radius 3 is 2.41 bits per heavy atom. The van der Waals surface area contributed by atoms with Crippen LogP contribution in [0.3, 0.4) is 0 Å². The van der Waals surface area contributed by atoms with Crippen molar-refractivity contribution in [2.24, 2.45) is 0 Å². The molecule has 1 unspecified atom stereocenters. The number of allylic oxidation sites excluding steroid dienone is 3. The molecule has 0 aromatic heterocycles. The highest BCUT2D eigenvalue weighted by Gasteiger charge is 2.30. The summed E-state index contributed by atoms with van der Waals surface area (Å²) in [7, 11) is 0. The molecule has 2 aliphatic carbocycles. The van der Waals surface area contributed by atoms with E-state index in [1.807, 2.05) is 12.1 Å². The molecule has 202 valence electrons. The molecule has 39 heavy (non-hydrogen) atoms. The summed E-state index contributed by atoms with van der Waals surface area (Å²) < 4.78 is 0. The van der Waals surface area contributed by atoms with Crippen LogP contribution < -0.4 is 4.90 Å². The molecule has 1 saturated carbocycles. The smallest absolute Gasteiger partial charge is 0.0825 e. The maximum absolute atomic E-state index is 6.61. The highest BCUT2D eigenvalue weighted by Crippen LogP contribution is 2.41. The Morgan fingerprint density at radius 1 is 0.846 bits per heavy atom. The van der Waals surface area contributed by atoms with Crippen LogP contribution in [0.25, 0.3) is 5.57 Å². The number of halogens is 2. The Morgan fingerprint density at radius 2 is 1.62 bits per heavy atom. The predicted molar refractivity (Wildman–Crippen MR) is 167 cm³/mol. The zero-order valence-electron chi connectivity index (χ0n) is 22.9. The van der Waals surface area contributed by atoms with Gasteiger partial charge >= 0.3 is 0 Å². The second-order valence-corrected chi connectivity index (χ2v) is 12.2. The van der Waals surface area contributed by atoms with E-state index in [1.54, 1.807) is 0 Å². The van der Waals surface area contributed by atoms with Crippen LogP contribution in [0.2, 0.25) is 10.0 Å². The van der Waals surface area contributed by atoms with Crippen molar-refractivity contribution in [3.8, 4) is 0 Å². The van der Waals surface area contributed by atoms with Crippen molar-refractivity contribution in [3.05, 3.63) is 117 Å². The maximum atomic E-state index is 6.61. The molecule has 2 fully saturated rings. The summed E-state index contributed by atoms with van der Waals surface area (Å²) in [6.07, 6.45) is 12.5. The van der Waals surface area contributed by atoms with E-state index in [9.17, 15) is 0 Å². The second kappa shape index (κ2) is 11.9. The molecule has 1 heterocycles. The molecule has 3 aliphatic rings. The monoisotopic (exact) mass is 556 g/mol. The maximum Gasteiger partial charge on any atom is 0.0825 e. The first-order valence-electron chi connectivity index (χ1n) is 14.6. The summed E-state index contributed by atoms with van der Waals surface area (Å²) in [6.45, 7) is 6.07. The van der Waals surface area contributed by atoms with Crippen molar-refractivity contribution < 1.29 is 0 Å². The third kappa shape index (κ3) is 5.71. The predicted octanol–water partition coefficient (Wildman–Crippen LogP) is 9.63. The van der Waals surface area contributed by atoms with Crippen LogP contribution in [-0.4, -0.2) is 31.1 Å². The number of piperazine rings is 1. The minimum Gasteiger partial charge on any atom is -0.368 e. The number of nitrogens with zero attached hydrogens (tertiary/aromatic N) is 2. The van der Waals surface area contributed by atoms with Crippen LogP contribution in [0.15, 0.2) is 84.5 Å². The molecule has 0 radical (unpaired) electrons. The van der Waals surface area contributed by atoms with E-state index in [4.69, 9.17) is 23.2 Å². The van der Waals surface area contributed by atoms with Crippen molar-refractivity contribution >= 4 is 34.5 Å². The van der Waals surface area contributed by atoms with E-state index in [0.717, 1.165) is 50.6 Å². The van der Waals surface area contributed by atoms with Gasteiger partial charge in [-0.1, -0.05) is 103 Å². The highest BCUT2D eigenvalue weighted by molar-refractivity contribution is 6.43. The topological polar surface area (TPSA) is 6.48 Å². The largest absolute Gasteiger partial charge is 0.368 e. The van der Waals surface area contributed by atoms with Gasteiger partial charge in [-0.05, 0) is 84.1 Å². The SMILES string of the molecule is Cc1ccccc1C1=CCCC(C(c2cccc(C3CCCC3)c2)N2CCN(c3cccc(Cl)c3Cl)CC2)=C1. The standard InChI is InChI=1S/C35H38Cl2N2/c1-25-9-2-5-16-31(25)28-13-7-15-30(24-28)35(29-14-6-12-27(23-29)26-10-3-4-11-26)39-21-19-38(20-22-39)33-18-8-17-32(36)34(33)37/h2,5-6,8-9,12-14,16-18,23-24,26,35H,3-4,7,10-11,15,19-22H2,1H3. The molecule has 6 rings (SSSR count). The summed E-state index contributed by atoms with van der Waals surface area (Å²) in [5, 5.41) is 1.29. The second-order valence-electron chi connectivity index (χ2n) is 11.4. The molecule has 0 N–H and O–H groups in total. The number of aryl methyl sites for hydroxylation is 1. The van der Waals surface area contributed by atoms with Crippen LogP contribution in [-0.2, 0) is 0 Å². The van der Waals surface area contributed by atoms with Crippen LogP contribution in [0, 0.1) is 6.92 Å². The average molecular weight is 558 g/mol. The van der Waals surface area contributed by atoms with Gasteiger partial charge in [-0.15, -0.1) is 0 Å². The van der Waals surface area contributed by atoms with Crippen molar-refractivity contribution in [2.75, 3.05) is 31.1 Å². The summed E-state index contributed by atoms with van der Waals surface area (Å²) in [5.41, 5.74) is 9.63. The number of anilines is 1. The van der Waals surface area contributed by atoms with E-state index in [0.29, 0.717) is 10.0 Å². The Balaban J connectivity index is 1.32. The van der Waals surface area contributed by atoms with Crippen molar-refractivity contribution in [1.82, 2.24) is 4.90 Å². The van der Waals surface area contributed by atoms with Gasteiger partial charge in [-0.2, -0.15) is 0 Å². The van der Waals surface area contributed by atoms with Crippen LogP contribution in [0.1, 0.15) is 72.7 Å². The zero-order valence-corrected chi connectivity index (χ0v) is 24.4. The van der Waals surface area contributed by atoms with Gasteiger partial charge in [0.05, 0.1) is 21.8 Å². The third-order valence-electron chi connectivity index (χ3n) is 8.95. The fraction of sp³-hybridized carbons (Fsp3) is 0.371. The lowest BCUT2D eigenvalue weighted by Gasteiger charge is -2.42. The van der Waals surface area contributed by atoms with Gasteiger partial charge in [-0.25, -0.2) is 0 Å². The van der Waals surface area contributed by atoms with Gasteiger partial charge in [0.1, 0.15) is 0 Å². The van der Waals surface area contributed by atoms with Crippen LogP contribution in [0.4, 0.5) is 5.69 Å². The molecule has 1 aliphatic heterocycles. The lowest BCUT2D eigenvalue weighted by Crippen LogP contribution is -2.48. The Bertz CT molecular complexity index is 1380. The van der Waals surface area contributed by atoms with Gasteiger partial charge in [0.2, 0.25) is 0 Å². The van der Waals surface area contributed by atoms with E-state index in [1.165, 1.54) is 59.1 Å². The van der Waals surface area contributed by atoms with Gasteiger partial charge in [0, 0.05) is 26.2 Å². The normalized spacial score (nSPS) is 19.6. The molecular formula is C35H38Cl2N2. The molecule has 3 aromatic carbocycles. The highest BCUT2D eigenvalue weighted by atomic mass is 35.5. The lowest BCUT2D eigenvalue weighted by molar-refractivity contribution is 0.206. The van der Waals surface area contributed by atoms with E-state index < -0.39 is 0 Å². The molecule has 4 heteroatoms. The molecule has 0 bridgehead atoms. The summed E-state index contributed by atoms with van der Waals surface area (Å²) in [4.78, 5) is 5.10. The van der Waals surface area contributed by atoms with Gasteiger partial charge in [0.25, 0.3) is 0 Å². The fourth-order valence-corrected chi connectivity index (χ4v) is 7.30. The minimum atomic E-state index is 0.288. The van der Waals surface area contributed by atoms with Crippen LogP contribution >= 0.6 is 23.2 Å². The zero-order chi connectivity index (χ0) is 26.8. The molecule has 2 nitrogen and oxygen atoms in total. The molecule has 0 spiro atoms. The third-order valence-corrected chi connectivity index (χ3v) is 9.76. The first-order chi connectivity index (χ1) is 19.1. The van der Waals surface area contributed by atoms with Crippen molar-refractivity contribution in [3.63, 3.8) is 0 Å². The molecule has 1 atom stereocenters. The Hall–Kier alpha value is -2.52. The molecule has 3 aromatic rings.